The number of halogens is 2. The highest BCUT2D eigenvalue weighted by Gasteiger charge is 2.60. The number of hydrogen-bond donors (Lipinski definition) is 1. The van der Waals surface area contributed by atoms with E-state index >= 15 is 0 Å². The molecular weight excluding hydrogens is 428 g/mol. The normalized spacial score (nSPS) is 30.5. The van der Waals surface area contributed by atoms with Gasteiger partial charge in [-0.05, 0) is 53.0 Å². The summed E-state index contributed by atoms with van der Waals surface area (Å²) in [6.45, 7) is 0.845. The topological polar surface area (TPSA) is 50.8 Å². The van der Waals surface area contributed by atoms with Crippen molar-refractivity contribution in [3.63, 3.8) is 0 Å². The van der Waals surface area contributed by atoms with E-state index in [2.05, 4.69) is 37.2 Å². The zero-order valence-electron chi connectivity index (χ0n) is 13.4. The Balaban J connectivity index is 2.17. The summed E-state index contributed by atoms with van der Waals surface area (Å²) >= 11 is 7.15. The molecule has 0 aliphatic carbocycles. The van der Waals surface area contributed by atoms with E-state index in [0.29, 0.717) is 0 Å². The third kappa shape index (κ3) is 2.52. The van der Waals surface area contributed by atoms with Crippen molar-refractivity contribution < 1.29 is 14.3 Å². The molecule has 2 aliphatic rings. The monoisotopic (exact) mass is 446 g/mol. The number of carbonyl (C=O) groups excluding carboxylic acids is 1. The number of methoxy groups -OCH3 is 2. The summed E-state index contributed by atoms with van der Waals surface area (Å²) in [7, 11) is 5.10. The van der Waals surface area contributed by atoms with Gasteiger partial charge in [-0.2, -0.15) is 0 Å². The molecular formula is C16H20Br2N2O3. The molecule has 3 atom stereocenters. The predicted octanol–water partition coefficient (Wildman–Crippen LogP) is 2.87. The van der Waals surface area contributed by atoms with Gasteiger partial charge in [0.15, 0.2) is 0 Å². The van der Waals surface area contributed by atoms with E-state index in [1.807, 2.05) is 19.2 Å². The van der Waals surface area contributed by atoms with E-state index < -0.39 is 5.54 Å². The number of carbonyl (C=O) groups is 1. The van der Waals surface area contributed by atoms with E-state index in [0.717, 1.165) is 39.6 Å². The van der Waals surface area contributed by atoms with Crippen LogP contribution in [-0.4, -0.2) is 50.4 Å². The number of amides is 1. The van der Waals surface area contributed by atoms with Gasteiger partial charge in [-0.25, -0.2) is 0 Å². The van der Waals surface area contributed by atoms with Crippen molar-refractivity contribution in [1.29, 1.82) is 0 Å². The lowest BCUT2D eigenvalue weighted by atomic mass is 9.79. The fourth-order valence-corrected chi connectivity index (χ4v) is 5.30. The van der Waals surface area contributed by atoms with Crippen LogP contribution in [0.3, 0.4) is 0 Å². The Morgan fingerprint density at radius 3 is 2.61 bits per heavy atom. The molecule has 1 unspecified atom stereocenters. The lowest BCUT2D eigenvalue weighted by Gasteiger charge is -2.31. The highest BCUT2D eigenvalue weighted by Crippen LogP contribution is 2.49. The molecule has 23 heavy (non-hydrogen) atoms. The summed E-state index contributed by atoms with van der Waals surface area (Å²) in [4.78, 5) is 14.7. The van der Waals surface area contributed by atoms with Crippen LogP contribution in [0.15, 0.2) is 21.1 Å². The third-order valence-electron chi connectivity index (χ3n) is 4.94. The smallest absolute Gasteiger partial charge is 0.245 e. The standard InChI is InChI=1S/C16H20Br2N2O3/c1-20-14(23-3)13(16(15(20)21)5-4-6-19-16)9-7-12(22-2)11(18)8-10(9)17/h7-8,13-14,19H,4-6H2,1-3H3/t13?,14-,16+/m1/s1. The van der Waals surface area contributed by atoms with Crippen LogP contribution in [0.1, 0.15) is 24.3 Å². The molecule has 0 bridgehead atoms. The van der Waals surface area contributed by atoms with Crippen LogP contribution in [0.25, 0.3) is 0 Å². The summed E-state index contributed by atoms with van der Waals surface area (Å²) in [5.41, 5.74) is 0.417. The summed E-state index contributed by atoms with van der Waals surface area (Å²) in [5.74, 6) is 0.734. The van der Waals surface area contributed by atoms with Crippen LogP contribution in [0.5, 0.6) is 5.75 Å². The maximum atomic E-state index is 12.9. The Morgan fingerprint density at radius 1 is 1.30 bits per heavy atom. The van der Waals surface area contributed by atoms with Gasteiger partial charge in [0.1, 0.15) is 17.5 Å². The van der Waals surface area contributed by atoms with Crippen LogP contribution >= 0.6 is 31.9 Å². The molecule has 2 aliphatic heterocycles. The largest absolute Gasteiger partial charge is 0.496 e. The van der Waals surface area contributed by atoms with Crippen molar-refractivity contribution in [2.45, 2.75) is 30.5 Å². The number of benzene rings is 1. The first-order valence-corrected chi connectivity index (χ1v) is 9.13. The average molecular weight is 448 g/mol. The van der Waals surface area contributed by atoms with E-state index in [-0.39, 0.29) is 18.1 Å². The quantitative estimate of drug-likeness (QED) is 0.773. The zero-order chi connectivity index (χ0) is 16.8. The number of hydrogen-bond acceptors (Lipinski definition) is 4. The maximum Gasteiger partial charge on any atom is 0.245 e. The van der Waals surface area contributed by atoms with Gasteiger partial charge in [-0.15, -0.1) is 0 Å². The van der Waals surface area contributed by atoms with Crippen LogP contribution in [0.4, 0.5) is 0 Å². The molecule has 0 aromatic heterocycles. The van der Waals surface area contributed by atoms with Gasteiger partial charge >= 0.3 is 0 Å². The zero-order valence-corrected chi connectivity index (χ0v) is 16.5. The Bertz CT molecular complexity index is 632. The summed E-state index contributed by atoms with van der Waals surface area (Å²) in [6, 6.07) is 3.95. The predicted molar refractivity (Wildman–Crippen MR) is 94.7 cm³/mol. The van der Waals surface area contributed by atoms with Crippen molar-refractivity contribution in [2.24, 2.45) is 0 Å². The van der Waals surface area contributed by atoms with Gasteiger partial charge in [-0.3, -0.25) is 4.79 Å². The van der Waals surface area contributed by atoms with Crippen molar-refractivity contribution in [3.8, 4) is 5.75 Å². The molecule has 1 aromatic carbocycles. The Morgan fingerprint density at radius 2 is 2.04 bits per heavy atom. The van der Waals surface area contributed by atoms with Gasteiger partial charge in [0, 0.05) is 18.6 Å². The molecule has 5 nitrogen and oxygen atoms in total. The maximum absolute atomic E-state index is 12.9. The van der Waals surface area contributed by atoms with Gasteiger partial charge in [-0.1, -0.05) is 15.9 Å². The number of ether oxygens (including phenoxy) is 2. The van der Waals surface area contributed by atoms with Crippen molar-refractivity contribution in [3.05, 3.63) is 26.6 Å². The Hall–Kier alpha value is -0.630. The molecule has 2 fully saturated rings. The van der Waals surface area contributed by atoms with Crippen molar-refractivity contribution in [1.82, 2.24) is 10.2 Å². The minimum Gasteiger partial charge on any atom is -0.496 e. The first-order chi connectivity index (χ1) is 11.0. The van der Waals surface area contributed by atoms with Gasteiger partial charge in [0.05, 0.1) is 17.5 Å². The molecule has 1 aromatic rings. The molecule has 0 radical (unpaired) electrons. The second-order valence-corrected chi connectivity index (χ2v) is 7.74. The SMILES string of the molecule is COc1cc(C2[C@@H](OC)N(C)C(=O)[C@]23CCCN3)c(Br)cc1Br. The highest BCUT2D eigenvalue weighted by atomic mass is 79.9. The van der Waals surface area contributed by atoms with E-state index in [4.69, 9.17) is 9.47 Å². The molecule has 1 amide bonds. The number of nitrogens with zero attached hydrogens (tertiary/aromatic N) is 1. The Kier molecular flexibility index (Phi) is 4.75. The minimum absolute atomic E-state index is 0.0978. The van der Waals surface area contributed by atoms with E-state index in [9.17, 15) is 4.79 Å². The molecule has 3 rings (SSSR count). The second-order valence-electron chi connectivity index (χ2n) is 6.03. The minimum atomic E-state index is -0.600. The molecule has 2 heterocycles. The van der Waals surface area contributed by atoms with Crippen LogP contribution in [0, 0.1) is 0 Å². The number of rotatable bonds is 3. The van der Waals surface area contributed by atoms with E-state index in [1.54, 1.807) is 19.1 Å². The molecule has 126 valence electrons. The summed E-state index contributed by atoms with van der Waals surface area (Å²) < 4.78 is 13.0. The molecule has 2 saturated heterocycles. The van der Waals surface area contributed by atoms with Gasteiger partial charge in [0.25, 0.3) is 0 Å². The van der Waals surface area contributed by atoms with Gasteiger partial charge in [0.2, 0.25) is 5.91 Å². The average Bonchev–Trinajstić information content (AvgIpc) is 3.09. The number of likely N-dealkylation sites (N-methyl/N-ethyl adjacent to an activating group) is 1. The van der Waals surface area contributed by atoms with E-state index in [1.165, 1.54) is 0 Å². The Labute approximate surface area is 153 Å². The first-order valence-electron chi connectivity index (χ1n) is 7.54. The molecule has 1 N–H and O–H groups in total. The van der Waals surface area contributed by atoms with Crippen LogP contribution in [-0.2, 0) is 9.53 Å². The van der Waals surface area contributed by atoms with Crippen molar-refractivity contribution >= 4 is 37.8 Å². The lowest BCUT2D eigenvalue weighted by molar-refractivity contribution is -0.136. The molecule has 1 spiro atoms. The highest BCUT2D eigenvalue weighted by molar-refractivity contribution is 9.11. The second kappa shape index (κ2) is 6.35. The third-order valence-corrected chi connectivity index (χ3v) is 6.24. The van der Waals surface area contributed by atoms with Crippen LogP contribution < -0.4 is 10.1 Å². The number of nitrogens with one attached hydrogen (secondary N) is 1. The summed E-state index contributed by atoms with van der Waals surface area (Å²) in [6.07, 6.45) is 1.49. The fraction of sp³-hybridized carbons (Fsp3) is 0.562. The number of likely N-dealkylation sites (tertiary alicyclic amines) is 1. The first kappa shape index (κ1) is 17.2. The van der Waals surface area contributed by atoms with Gasteiger partial charge < -0.3 is 19.7 Å². The molecule has 0 saturated carbocycles. The van der Waals surface area contributed by atoms with Crippen molar-refractivity contribution in [2.75, 3.05) is 27.8 Å². The summed E-state index contributed by atoms with van der Waals surface area (Å²) in [5, 5.41) is 3.46. The molecule has 7 heteroatoms. The lowest BCUT2D eigenvalue weighted by Crippen LogP contribution is -2.50. The fourth-order valence-electron chi connectivity index (χ4n) is 3.90. The van der Waals surface area contributed by atoms with Crippen LogP contribution in [0.2, 0.25) is 0 Å².